The fourth-order valence-electron chi connectivity index (χ4n) is 1.97. The molecule has 1 unspecified atom stereocenters. The van der Waals surface area contributed by atoms with Crippen LogP contribution in [-0.2, 0) is 5.60 Å². The Balaban J connectivity index is 2.51. The zero-order valence-electron chi connectivity index (χ0n) is 11.0. The zero-order chi connectivity index (χ0) is 14.9. The van der Waals surface area contributed by atoms with Gasteiger partial charge in [-0.1, -0.05) is 29.8 Å². The zero-order valence-corrected chi connectivity index (χ0v) is 13.3. The minimum Gasteiger partial charge on any atom is -0.497 e. The van der Waals surface area contributed by atoms with Crippen LogP contribution in [0.5, 0.6) is 5.75 Å². The van der Waals surface area contributed by atoms with Gasteiger partial charge in [-0.15, -0.1) is 0 Å². The van der Waals surface area contributed by atoms with Crippen LogP contribution in [0.3, 0.4) is 0 Å². The monoisotopic (exact) mass is 358 g/mol. The van der Waals surface area contributed by atoms with Gasteiger partial charge in [0.15, 0.2) is 0 Å². The first kappa shape index (κ1) is 15.3. The highest BCUT2D eigenvalue weighted by atomic mass is 79.9. The summed E-state index contributed by atoms with van der Waals surface area (Å²) in [4.78, 5) is 0. The van der Waals surface area contributed by atoms with Crippen molar-refractivity contribution in [1.29, 1.82) is 0 Å². The molecule has 0 spiro atoms. The van der Waals surface area contributed by atoms with Gasteiger partial charge in [0.05, 0.1) is 12.1 Å². The molecule has 20 heavy (non-hydrogen) atoms. The van der Waals surface area contributed by atoms with Crippen LogP contribution in [0.15, 0.2) is 40.9 Å². The highest BCUT2D eigenvalue weighted by molar-refractivity contribution is 9.10. The van der Waals surface area contributed by atoms with E-state index < -0.39 is 11.4 Å². The van der Waals surface area contributed by atoms with Gasteiger partial charge in [-0.3, -0.25) is 0 Å². The first-order valence-corrected chi connectivity index (χ1v) is 7.06. The van der Waals surface area contributed by atoms with Crippen LogP contribution >= 0.6 is 27.5 Å². The van der Waals surface area contributed by atoms with Crippen molar-refractivity contribution in [3.05, 3.63) is 62.8 Å². The third-order valence-electron chi connectivity index (χ3n) is 3.21. The summed E-state index contributed by atoms with van der Waals surface area (Å²) in [5, 5.41) is 10.6. The van der Waals surface area contributed by atoms with Crippen LogP contribution in [-0.4, -0.2) is 12.2 Å². The summed E-state index contributed by atoms with van der Waals surface area (Å²) in [6, 6.07) is 9.92. The van der Waals surface area contributed by atoms with Crippen molar-refractivity contribution < 1.29 is 14.2 Å². The Morgan fingerprint density at radius 2 is 1.80 bits per heavy atom. The highest BCUT2D eigenvalue weighted by Gasteiger charge is 2.30. The molecule has 0 radical (unpaired) electrons. The summed E-state index contributed by atoms with van der Waals surface area (Å²) in [6.45, 7) is 1.53. The number of methoxy groups -OCH3 is 1. The number of ether oxygens (including phenoxy) is 1. The minimum atomic E-state index is -1.49. The van der Waals surface area contributed by atoms with E-state index in [1.165, 1.54) is 13.0 Å². The first-order valence-electron chi connectivity index (χ1n) is 5.88. The van der Waals surface area contributed by atoms with Crippen molar-refractivity contribution >= 4 is 27.5 Å². The number of hydrogen-bond acceptors (Lipinski definition) is 2. The van der Waals surface area contributed by atoms with Crippen LogP contribution in [0.4, 0.5) is 4.39 Å². The second-order valence-corrected chi connectivity index (χ2v) is 5.76. The van der Waals surface area contributed by atoms with E-state index in [-0.39, 0.29) is 10.6 Å². The molecule has 0 aliphatic carbocycles. The van der Waals surface area contributed by atoms with Gasteiger partial charge in [0.1, 0.15) is 17.2 Å². The molecular weight excluding hydrogens is 347 g/mol. The lowest BCUT2D eigenvalue weighted by Gasteiger charge is -2.25. The van der Waals surface area contributed by atoms with E-state index in [4.69, 9.17) is 16.3 Å². The Labute approximate surface area is 130 Å². The van der Waals surface area contributed by atoms with Gasteiger partial charge in [-0.2, -0.15) is 0 Å². The molecule has 0 saturated carbocycles. The summed E-state index contributed by atoms with van der Waals surface area (Å²) < 4.78 is 19.8. The Morgan fingerprint density at radius 3 is 2.35 bits per heavy atom. The molecule has 0 aromatic heterocycles. The van der Waals surface area contributed by atoms with Gasteiger partial charge in [-0.25, -0.2) is 4.39 Å². The van der Waals surface area contributed by atoms with Crippen LogP contribution < -0.4 is 4.74 Å². The van der Waals surface area contributed by atoms with E-state index in [0.29, 0.717) is 15.8 Å². The third kappa shape index (κ3) is 2.68. The third-order valence-corrected chi connectivity index (χ3v) is 4.47. The van der Waals surface area contributed by atoms with Crippen molar-refractivity contribution in [2.24, 2.45) is 0 Å². The maximum atomic E-state index is 14.2. The molecule has 2 rings (SSSR count). The molecule has 2 aromatic carbocycles. The molecule has 0 amide bonds. The lowest BCUT2D eigenvalue weighted by Crippen LogP contribution is -2.24. The molecule has 0 aliphatic rings. The second-order valence-electron chi connectivity index (χ2n) is 4.52. The summed E-state index contributed by atoms with van der Waals surface area (Å²) in [6.07, 6.45) is 0. The van der Waals surface area contributed by atoms with Crippen molar-refractivity contribution in [3.63, 3.8) is 0 Å². The van der Waals surface area contributed by atoms with E-state index >= 15 is 0 Å². The van der Waals surface area contributed by atoms with Crippen molar-refractivity contribution in [3.8, 4) is 5.75 Å². The maximum absolute atomic E-state index is 14.2. The Bertz CT molecular complexity index is 627. The summed E-state index contributed by atoms with van der Waals surface area (Å²) in [5.41, 5.74) is -0.813. The second kappa shape index (κ2) is 5.72. The number of benzene rings is 2. The smallest absolute Gasteiger partial charge is 0.149 e. The molecule has 0 bridgehead atoms. The van der Waals surface area contributed by atoms with Gasteiger partial charge in [0, 0.05) is 10.0 Å². The molecule has 1 N–H and O–H groups in total. The largest absolute Gasteiger partial charge is 0.497 e. The van der Waals surface area contributed by atoms with Crippen LogP contribution in [0.1, 0.15) is 18.1 Å². The number of halogens is 3. The topological polar surface area (TPSA) is 29.5 Å². The number of aliphatic hydroxyl groups is 1. The highest BCUT2D eigenvalue weighted by Crippen LogP contribution is 2.36. The maximum Gasteiger partial charge on any atom is 0.149 e. The molecular formula is C15H13BrClFO2. The van der Waals surface area contributed by atoms with Crippen LogP contribution in [0.25, 0.3) is 0 Å². The summed E-state index contributed by atoms with van der Waals surface area (Å²) in [5.74, 6) is 0.0284. The summed E-state index contributed by atoms with van der Waals surface area (Å²) in [7, 11) is 1.56. The molecule has 106 valence electrons. The normalized spacial score (nSPS) is 13.9. The fourth-order valence-corrected chi connectivity index (χ4v) is 2.44. The standard InChI is InChI=1S/C15H13BrClFO2/c1-15(19,9-3-5-10(20-2)6-4-9)11-7-8-12(16)13(17)14(11)18/h3-8,19H,1-2H3. The number of hydrogen-bond donors (Lipinski definition) is 1. The molecule has 0 aliphatic heterocycles. The van der Waals surface area contributed by atoms with Crippen molar-refractivity contribution in [2.75, 3.05) is 7.11 Å². The van der Waals surface area contributed by atoms with Crippen molar-refractivity contribution in [2.45, 2.75) is 12.5 Å². The lowest BCUT2D eigenvalue weighted by molar-refractivity contribution is 0.0979. The average Bonchev–Trinajstić information content (AvgIpc) is 2.44. The Morgan fingerprint density at radius 1 is 1.20 bits per heavy atom. The van der Waals surface area contributed by atoms with Crippen LogP contribution in [0, 0.1) is 5.82 Å². The first-order chi connectivity index (χ1) is 9.37. The van der Waals surface area contributed by atoms with Gasteiger partial charge in [0.2, 0.25) is 0 Å². The van der Waals surface area contributed by atoms with E-state index in [1.54, 1.807) is 37.4 Å². The SMILES string of the molecule is COc1ccc(C(C)(O)c2ccc(Br)c(Cl)c2F)cc1. The van der Waals surface area contributed by atoms with E-state index in [9.17, 15) is 9.50 Å². The quantitative estimate of drug-likeness (QED) is 0.817. The van der Waals surface area contributed by atoms with Gasteiger partial charge < -0.3 is 9.84 Å². The van der Waals surface area contributed by atoms with Crippen LogP contribution in [0.2, 0.25) is 5.02 Å². The average molecular weight is 360 g/mol. The fraction of sp³-hybridized carbons (Fsp3) is 0.200. The molecule has 0 heterocycles. The van der Waals surface area contributed by atoms with Gasteiger partial charge in [0.25, 0.3) is 0 Å². The molecule has 2 aromatic rings. The van der Waals surface area contributed by atoms with E-state index in [0.717, 1.165) is 0 Å². The molecule has 1 atom stereocenters. The lowest BCUT2D eigenvalue weighted by atomic mass is 9.88. The molecule has 0 saturated heterocycles. The van der Waals surface area contributed by atoms with Gasteiger partial charge >= 0.3 is 0 Å². The Hall–Kier alpha value is -1.10. The van der Waals surface area contributed by atoms with Gasteiger partial charge in [-0.05, 0) is 46.6 Å². The van der Waals surface area contributed by atoms with E-state index in [2.05, 4.69) is 15.9 Å². The predicted octanol–water partition coefficient (Wildman–Crippen LogP) is 4.51. The van der Waals surface area contributed by atoms with Crippen molar-refractivity contribution in [1.82, 2.24) is 0 Å². The molecule has 0 fully saturated rings. The Kier molecular flexibility index (Phi) is 4.37. The summed E-state index contributed by atoms with van der Waals surface area (Å²) >= 11 is 9.02. The minimum absolute atomic E-state index is 0.0451. The molecule has 2 nitrogen and oxygen atoms in total. The predicted molar refractivity (Wildman–Crippen MR) is 80.8 cm³/mol. The number of rotatable bonds is 3. The van der Waals surface area contributed by atoms with E-state index in [1.807, 2.05) is 0 Å². The molecule has 5 heteroatoms.